The molecule has 2 rings (SSSR count). The minimum atomic E-state index is -0.340. The highest BCUT2D eigenvalue weighted by Crippen LogP contribution is 2.14. The third kappa shape index (κ3) is 3.85. The number of hydrogen-bond acceptors (Lipinski definition) is 4. The Morgan fingerprint density at radius 2 is 1.95 bits per heavy atom. The summed E-state index contributed by atoms with van der Waals surface area (Å²) in [6, 6.07) is 8.60. The summed E-state index contributed by atoms with van der Waals surface area (Å²) in [4.78, 5) is 23.8. The molecule has 7 heteroatoms. The minimum absolute atomic E-state index is 0.116. The Balaban J connectivity index is 1.87. The number of amides is 2. The van der Waals surface area contributed by atoms with Gasteiger partial charge in [0.1, 0.15) is 11.4 Å². The molecule has 0 aliphatic carbocycles. The van der Waals surface area contributed by atoms with Crippen LogP contribution in [0.1, 0.15) is 16.2 Å². The summed E-state index contributed by atoms with van der Waals surface area (Å²) in [6.45, 7) is 1.68. The van der Waals surface area contributed by atoms with Crippen LogP contribution >= 0.6 is 0 Å². The topological polar surface area (TPSA) is 85.2 Å². The molecule has 2 amide bonds. The first-order chi connectivity index (χ1) is 10.5. The third-order valence-corrected chi connectivity index (χ3v) is 3.02. The number of nitrogens with zero attached hydrogens (tertiary/aromatic N) is 2. The van der Waals surface area contributed by atoms with Crippen LogP contribution in [-0.2, 0) is 11.8 Å². The Hall–Kier alpha value is -2.83. The predicted octanol–water partition coefficient (Wildman–Crippen LogP) is 1.11. The van der Waals surface area contributed by atoms with E-state index in [1.54, 1.807) is 51.4 Å². The largest absolute Gasteiger partial charge is 0.497 e. The standard InChI is InChI=1S/C15H18N4O3/c1-10-8-13(19(2)18-10)15(21)16-9-14(20)17-11-4-6-12(22-3)7-5-11/h4-8H,9H2,1-3H3,(H,16,21)(H,17,20). The van der Waals surface area contributed by atoms with Gasteiger partial charge in [0, 0.05) is 12.7 Å². The van der Waals surface area contributed by atoms with E-state index >= 15 is 0 Å². The van der Waals surface area contributed by atoms with E-state index < -0.39 is 0 Å². The molecular formula is C15H18N4O3. The fourth-order valence-corrected chi connectivity index (χ4v) is 1.95. The Morgan fingerprint density at radius 1 is 1.27 bits per heavy atom. The van der Waals surface area contributed by atoms with Gasteiger partial charge in [-0.15, -0.1) is 0 Å². The SMILES string of the molecule is COc1ccc(NC(=O)CNC(=O)c2cc(C)nn2C)cc1. The van der Waals surface area contributed by atoms with Crippen LogP contribution in [0, 0.1) is 6.92 Å². The molecule has 1 aromatic carbocycles. The number of ether oxygens (including phenoxy) is 1. The van der Waals surface area contributed by atoms with Crippen molar-refractivity contribution >= 4 is 17.5 Å². The van der Waals surface area contributed by atoms with Gasteiger partial charge in [0.05, 0.1) is 19.3 Å². The first kappa shape index (κ1) is 15.6. The van der Waals surface area contributed by atoms with Crippen LogP contribution in [0.25, 0.3) is 0 Å². The zero-order chi connectivity index (χ0) is 16.1. The van der Waals surface area contributed by atoms with E-state index in [-0.39, 0.29) is 18.4 Å². The molecular weight excluding hydrogens is 284 g/mol. The van der Waals surface area contributed by atoms with Crippen LogP contribution in [0.4, 0.5) is 5.69 Å². The van der Waals surface area contributed by atoms with E-state index in [9.17, 15) is 9.59 Å². The van der Waals surface area contributed by atoms with Gasteiger partial charge in [-0.05, 0) is 37.3 Å². The monoisotopic (exact) mass is 302 g/mol. The van der Waals surface area contributed by atoms with Crippen molar-refractivity contribution in [2.45, 2.75) is 6.92 Å². The first-order valence-corrected chi connectivity index (χ1v) is 6.72. The molecule has 0 fully saturated rings. The van der Waals surface area contributed by atoms with Crippen LogP contribution in [0.3, 0.4) is 0 Å². The quantitative estimate of drug-likeness (QED) is 0.866. The predicted molar refractivity (Wildman–Crippen MR) is 81.9 cm³/mol. The van der Waals surface area contributed by atoms with Gasteiger partial charge in [-0.3, -0.25) is 14.3 Å². The normalized spacial score (nSPS) is 10.1. The van der Waals surface area contributed by atoms with Crippen LogP contribution in [0.15, 0.2) is 30.3 Å². The van der Waals surface area contributed by atoms with Gasteiger partial charge in [0.2, 0.25) is 5.91 Å². The van der Waals surface area contributed by atoms with Gasteiger partial charge >= 0.3 is 0 Å². The smallest absolute Gasteiger partial charge is 0.269 e. The van der Waals surface area contributed by atoms with E-state index in [4.69, 9.17) is 4.74 Å². The number of methoxy groups -OCH3 is 1. The van der Waals surface area contributed by atoms with E-state index in [0.29, 0.717) is 17.1 Å². The van der Waals surface area contributed by atoms with Crippen molar-refractivity contribution < 1.29 is 14.3 Å². The average molecular weight is 302 g/mol. The molecule has 22 heavy (non-hydrogen) atoms. The van der Waals surface area contributed by atoms with E-state index in [1.165, 1.54) is 4.68 Å². The molecule has 1 heterocycles. The Kier molecular flexibility index (Phi) is 4.77. The molecule has 0 atom stereocenters. The lowest BCUT2D eigenvalue weighted by Crippen LogP contribution is -2.33. The number of aryl methyl sites for hydroxylation is 2. The van der Waals surface area contributed by atoms with Crippen molar-refractivity contribution in [3.63, 3.8) is 0 Å². The lowest BCUT2D eigenvalue weighted by Gasteiger charge is -2.07. The van der Waals surface area contributed by atoms with Crippen molar-refractivity contribution in [3.05, 3.63) is 41.7 Å². The molecule has 0 aliphatic heterocycles. The highest BCUT2D eigenvalue weighted by molar-refractivity contribution is 5.98. The summed E-state index contributed by atoms with van der Waals surface area (Å²) < 4.78 is 6.52. The van der Waals surface area contributed by atoms with E-state index in [2.05, 4.69) is 15.7 Å². The highest BCUT2D eigenvalue weighted by atomic mass is 16.5. The van der Waals surface area contributed by atoms with Gasteiger partial charge in [-0.1, -0.05) is 0 Å². The van der Waals surface area contributed by atoms with Gasteiger partial charge < -0.3 is 15.4 Å². The molecule has 0 radical (unpaired) electrons. The number of nitrogens with one attached hydrogen (secondary N) is 2. The van der Waals surface area contributed by atoms with Crippen LogP contribution in [0.2, 0.25) is 0 Å². The maximum absolute atomic E-state index is 12.0. The van der Waals surface area contributed by atoms with Gasteiger partial charge in [0.15, 0.2) is 0 Å². The molecule has 7 nitrogen and oxygen atoms in total. The molecule has 0 spiro atoms. The molecule has 116 valence electrons. The molecule has 0 bridgehead atoms. The number of anilines is 1. The van der Waals surface area contributed by atoms with Gasteiger partial charge in [-0.25, -0.2) is 0 Å². The zero-order valence-electron chi connectivity index (χ0n) is 12.7. The summed E-state index contributed by atoms with van der Waals surface area (Å²) in [6.07, 6.45) is 0. The van der Waals surface area contributed by atoms with Crippen molar-refractivity contribution in [3.8, 4) is 5.75 Å². The summed E-state index contributed by atoms with van der Waals surface area (Å²) in [5.74, 6) is 0.0586. The highest BCUT2D eigenvalue weighted by Gasteiger charge is 2.12. The lowest BCUT2D eigenvalue weighted by atomic mass is 10.3. The molecule has 0 unspecified atom stereocenters. The Labute approximate surface area is 128 Å². The number of carbonyl (C=O) groups is 2. The van der Waals surface area contributed by atoms with Crippen molar-refractivity contribution in [1.82, 2.24) is 15.1 Å². The molecule has 0 saturated carbocycles. The number of benzene rings is 1. The second-order valence-electron chi connectivity index (χ2n) is 4.75. The van der Waals surface area contributed by atoms with Gasteiger partial charge in [-0.2, -0.15) is 5.10 Å². The van der Waals surface area contributed by atoms with Crippen molar-refractivity contribution in [2.24, 2.45) is 7.05 Å². The molecule has 2 aromatic rings. The fraction of sp³-hybridized carbons (Fsp3) is 0.267. The number of aromatic nitrogens is 2. The Bertz CT molecular complexity index is 677. The van der Waals surface area contributed by atoms with Crippen LogP contribution < -0.4 is 15.4 Å². The second-order valence-corrected chi connectivity index (χ2v) is 4.75. The molecule has 0 aliphatic rings. The number of hydrogen-bond donors (Lipinski definition) is 2. The number of rotatable bonds is 5. The number of carbonyl (C=O) groups excluding carboxylic acids is 2. The second kappa shape index (κ2) is 6.75. The minimum Gasteiger partial charge on any atom is -0.497 e. The fourth-order valence-electron chi connectivity index (χ4n) is 1.95. The summed E-state index contributed by atoms with van der Waals surface area (Å²) in [7, 11) is 3.25. The molecule has 0 saturated heterocycles. The molecule has 1 aromatic heterocycles. The lowest BCUT2D eigenvalue weighted by molar-refractivity contribution is -0.115. The average Bonchev–Trinajstić information content (AvgIpc) is 2.84. The Morgan fingerprint density at radius 3 is 2.50 bits per heavy atom. The van der Waals surface area contributed by atoms with Crippen molar-refractivity contribution in [1.29, 1.82) is 0 Å². The summed E-state index contributed by atoms with van der Waals surface area (Å²) >= 11 is 0. The van der Waals surface area contributed by atoms with Crippen LogP contribution in [0.5, 0.6) is 5.75 Å². The third-order valence-electron chi connectivity index (χ3n) is 3.02. The summed E-state index contributed by atoms with van der Waals surface area (Å²) in [5.41, 5.74) is 1.79. The van der Waals surface area contributed by atoms with E-state index in [0.717, 1.165) is 5.69 Å². The van der Waals surface area contributed by atoms with E-state index in [1.807, 2.05) is 0 Å². The molecule has 2 N–H and O–H groups in total. The summed E-state index contributed by atoms with van der Waals surface area (Å²) in [5, 5.41) is 9.33. The maximum Gasteiger partial charge on any atom is 0.269 e. The van der Waals surface area contributed by atoms with Gasteiger partial charge in [0.25, 0.3) is 5.91 Å². The zero-order valence-corrected chi connectivity index (χ0v) is 12.7. The first-order valence-electron chi connectivity index (χ1n) is 6.72. The maximum atomic E-state index is 12.0. The van der Waals surface area contributed by atoms with Crippen molar-refractivity contribution in [2.75, 3.05) is 19.0 Å². The van der Waals surface area contributed by atoms with Crippen LogP contribution in [-0.4, -0.2) is 35.2 Å².